The molecular weight excluding hydrogens is 487 g/mol. The average molecular weight is 534 g/mol. The molecule has 0 aliphatic carbocycles. The first kappa shape index (κ1) is 30.3. The van der Waals surface area contributed by atoms with Crippen molar-refractivity contribution >= 4 is 23.2 Å². The van der Waals surface area contributed by atoms with Gasteiger partial charge in [-0.2, -0.15) is 0 Å². The van der Waals surface area contributed by atoms with Crippen molar-refractivity contribution in [1.29, 1.82) is 0 Å². The first-order valence-corrected chi connectivity index (χ1v) is 16.3. The fourth-order valence-electron chi connectivity index (χ4n) is 4.80. The zero-order valence-electron chi connectivity index (χ0n) is 24.6. The van der Waals surface area contributed by atoms with Crippen LogP contribution in [0.3, 0.4) is 0 Å². The van der Waals surface area contributed by atoms with Crippen molar-refractivity contribution in [3.8, 4) is 0 Å². The SMILES string of the molecule is CC(C=CC=C(C)CCCC(C)C)=CC=CC(C)=CC[P+](c1ccccc1)(c1ccccc1)c1ccccc1. The molecule has 0 nitrogen and oxygen atoms in total. The first-order chi connectivity index (χ1) is 18.9. The molecule has 0 N–H and O–H groups in total. The van der Waals surface area contributed by atoms with Crippen LogP contribution >= 0.6 is 7.26 Å². The van der Waals surface area contributed by atoms with Gasteiger partial charge >= 0.3 is 0 Å². The topological polar surface area (TPSA) is 0 Å². The Kier molecular flexibility index (Phi) is 12.5. The lowest BCUT2D eigenvalue weighted by atomic mass is 10.0. The summed E-state index contributed by atoms with van der Waals surface area (Å²) in [5, 5.41) is 4.26. The van der Waals surface area contributed by atoms with Crippen LogP contribution in [0.15, 0.2) is 150 Å². The summed E-state index contributed by atoms with van der Waals surface area (Å²) in [6.45, 7) is 11.2. The largest absolute Gasteiger partial charge is 0.115 e. The minimum atomic E-state index is -1.84. The molecule has 0 amide bonds. The predicted molar refractivity (Wildman–Crippen MR) is 178 cm³/mol. The zero-order chi connectivity index (χ0) is 27.9. The van der Waals surface area contributed by atoms with E-state index >= 15 is 0 Å². The van der Waals surface area contributed by atoms with E-state index in [9.17, 15) is 0 Å². The Hall–Kier alpha value is -3.21. The minimum Gasteiger partial charge on any atom is -0.0733 e. The molecule has 0 aromatic heterocycles. The minimum absolute atomic E-state index is 0.788. The first-order valence-electron chi connectivity index (χ1n) is 14.3. The predicted octanol–water partition coefficient (Wildman–Crippen LogP) is 9.76. The standard InChI is InChI=1S/C38H46P/c1-32(2)18-15-19-33(3)20-16-21-34(4)22-17-23-35(5)30-31-39(36-24-9-6-10-25-36,37-26-11-7-12-27-37)38-28-13-8-14-29-38/h6-14,16-17,20-30,32H,15,18-19,31H2,1-5H3/q+1. The Balaban J connectivity index is 1.79. The van der Waals surface area contributed by atoms with E-state index in [4.69, 9.17) is 0 Å². The molecule has 0 radical (unpaired) electrons. The molecule has 3 rings (SSSR count). The fraction of sp³-hybridized carbons (Fsp3) is 0.263. The van der Waals surface area contributed by atoms with E-state index in [0.29, 0.717) is 0 Å². The van der Waals surface area contributed by atoms with Gasteiger partial charge in [0, 0.05) is 0 Å². The second-order valence-corrected chi connectivity index (χ2v) is 14.4. The van der Waals surface area contributed by atoms with Gasteiger partial charge in [0.05, 0.1) is 6.16 Å². The van der Waals surface area contributed by atoms with Crippen LogP contribution in [0.4, 0.5) is 0 Å². The monoisotopic (exact) mass is 533 g/mol. The number of allylic oxidation sites excluding steroid dienone is 10. The van der Waals surface area contributed by atoms with E-state index < -0.39 is 7.26 Å². The molecule has 0 heterocycles. The Morgan fingerprint density at radius 2 is 1.10 bits per heavy atom. The van der Waals surface area contributed by atoms with Gasteiger partial charge < -0.3 is 0 Å². The highest BCUT2D eigenvalue weighted by Crippen LogP contribution is 2.55. The van der Waals surface area contributed by atoms with Crippen molar-refractivity contribution in [2.45, 2.75) is 53.9 Å². The van der Waals surface area contributed by atoms with Crippen LogP contribution in [0, 0.1) is 5.92 Å². The molecule has 3 aromatic carbocycles. The van der Waals surface area contributed by atoms with Crippen LogP contribution < -0.4 is 15.9 Å². The summed E-state index contributed by atoms with van der Waals surface area (Å²) in [6.07, 6.45) is 20.4. The van der Waals surface area contributed by atoms with Gasteiger partial charge in [-0.3, -0.25) is 0 Å². The van der Waals surface area contributed by atoms with E-state index in [1.165, 1.54) is 51.9 Å². The van der Waals surface area contributed by atoms with Gasteiger partial charge in [-0.25, -0.2) is 0 Å². The van der Waals surface area contributed by atoms with Crippen LogP contribution in [0.25, 0.3) is 0 Å². The normalized spacial score (nSPS) is 13.6. The summed E-state index contributed by atoms with van der Waals surface area (Å²) in [4.78, 5) is 0. The molecule has 0 saturated carbocycles. The smallest absolute Gasteiger partial charge is 0.0733 e. The van der Waals surface area contributed by atoms with Crippen molar-refractivity contribution in [1.82, 2.24) is 0 Å². The molecule has 0 unspecified atom stereocenters. The molecule has 3 aromatic rings. The molecule has 0 bridgehead atoms. The molecule has 0 saturated heterocycles. The van der Waals surface area contributed by atoms with Crippen LogP contribution in [0.1, 0.15) is 53.9 Å². The van der Waals surface area contributed by atoms with Gasteiger partial charge in [0.1, 0.15) is 23.2 Å². The summed E-state index contributed by atoms with van der Waals surface area (Å²) in [6, 6.07) is 33.3. The zero-order valence-corrected chi connectivity index (χ0v) is 25.4. The lowest BCUT2D eigenvalue weighted by Crippen LogP contribution is -2.33. The number of hydrogen-bond donors (Lipinski definition) is 0. The third kappa shape index (κ3) is 9.49. The molecule has 0 fully saturated rings. The highest BCUT2D eigenvalue weighted by Gasteiger charge is 2.44. The van der Waals surface area contributed by atoms with Crippen molar-refractivity contribution < 1.29 is 0 Å². The number of hydrogen-bond acceptors (Lipinski definition) is 0. The third-order valence-electron chi connectivity index (χ3n) is 7.09. The maximum Gasteiger partial charge on any atom is 0.115 e. The van der Waals surface area contributed by atoms with E-state index in [2.05, 4.69) is 168 Å². The summed E-state index contributed by atoms with van der Waals surface area (Å²) >= 11 is 0. The summed E-state index contributed by atoms with van der Waals surface area (Å²) in [5.41, 5.74) is 4.00. The lowest BCUT2D eigenvalue weighted by Gasteiger charge is -2.26. The van der Waals surface area contributed by atoms with Gasteiger partial charge in [0.2, 0.25) is 0 Å². The third-order valence-corrected chi connectivity index (χ3v) is 11.4. The second kappa shape index (κ2) is 16.0. The fourth-order valence-corrected chi connectivity index (χ4v) is 8.94. The molecule has 0 spiro atoms. The van der Waals surface area contributed by atoms with Crippen LogP contribution in [0.5, 0.6) is 0 Å². The second-order valence-electron chi connectivity index (χ2n) is 10.9. The molecular formula is C38H46P+. The molecule has 0 aliphatic heterocycles. The Morgan fingerprint density at radius 3 is 1.59 bits per heavy atom. The summed E-state index contributed by atoms with van der Waals surface area (Å²) in [5.74, 6) is 0.788. The van der Waals surface area contributed by atoms with Crippen molar-refractivity contribution in [3.63, 3.8) is 0 Å². The number of benzene rings is 3. The van der Waals surface area contributed by atoms with E-state index in [-0.39, 0.29) is 0 Å². The quantitative estimate of drug-likeness (QED) is 0.151. The Bertz CT molecular complexity index is 1180. The van der Waals surface area contributed by atoms with Gasteiger partial charge in [-0.15, -0.1) is 0 Å². The van der Waals surface area contributed by atoms with E-state index in [1.807, 2.05) is 0 Å². The van der Waals surface area contributed by atoms with E-state index in [1.54, 1.807) is 0 Å². The Morgan fingerprint density at radius 1 is 0.641 bits per heavy atom. The van der Waals surface area contributed by atoms with Gasteiger partial charge in [-0.05, 0) is 82.0 Å². The molecule has 0 atom stereocenters. The van der Waals surface area contributed by atoms with E-state index in [0.717, 1.165) is 12.1 Å². The number of rotatable bonds is 13. The van der Waals surface area contributed by atoms with Crippen LogP contribution in [-0.4, -0.2) is 6.16 Å². The molecule has 0 aliphatic rings. The lowest BCUT2D eigenvalue weighted by molar-refractivity contribution is 0.555. The van der Waals surface area contributed by atoms with Crippen LogP contribution in [0.2, 0.25) is 0 Å². The maximum atomic E-state index is 2.43. The van der Waals surface area contributed by atoms with Gasteiger partial charge in [0.25, 0.3) is 0 Å². The summed E-state index contributed by atoms with van der Waals surface area (Å²) < 4.78 is 0. The van der Waals surface area contributed by atoms with Crippen LogP contribution in [-0.2, 0) is 0 Å². The average Bonchev–Trinajstić information content (AvgIpc) is 2.95. The molecule has 202 valence electrons. The maximum absolute atomic E-state index is 2.43. The Labute approximate surface area is 238 Å². The molecule has 39 heavy (non-hydrogen) atoms. The highest BCUT2D eigenvalue weighted by molar-refractivity contribution is 7.95. The van der Waals surface area contributed by atoms with Gasteiger partial charge in [0.15, 0.2) is 0 Å². The van der Waals surface area contributed by atoms with Crippen molar-refractivity contribution in [2.75, 3.05) is 6.16 Å². The van der Waals surface area contributed by atoms with Crippen molar-refractivity contribution in [3.05, 3.63) is 150 Å². The molecule has 1 heteroatoms. The van der Waals surface area contributed by atoms with Crippen molar-refractivity contribution in [2.24, 2.45) is 5.92 Å². The highest BCUT2D eigenvalue weighted by atomic mass is 31.2. The van der Waals surface area contributed by atoms with Gasteiger partial charge in [-0.1, -0.05) is 128 Å². The summed E-state index contributed by atoms with van der Waals surface area (Å²) in [7, 11) is -1.84.